The van der Waals surface area contributed by atoms with Gasteiger partial charge in [0.15, 0.2) is 9.84 Å². The number of carbonyl (C=O) groups excluding carboxylic acids is 1. The summed E-state index contributed by atoms with van der Waals surface area (Å²) < 4.78 is 23.4. The maximum atomic E-state index is 13.4. The summed E-state index contributed by atoms with van der Waals surface area (Å²) in [6.45, 7) is 6.67. The van der Waals surface area contributed by atoms with Crippen LogP contribution in [0.15, 0.2) is 59.5 Å². The Balaban J connectivity index is 0.00000190. The molecule has 2 aromatic carbocycles. The standard InChI is InChI=1S/C28H37N3O3S.2ClH/c1-29-19-24(26(21-29)23-6-4-3-5-7-23)20-30-15-12-28(13-16-30)14-17-31(27(28)32)18-22-8-10-25(11-9-22)35(2,33)34;;/h3-11,24,26H,12-21H2,1-2H3;2*1H/t24-,26-;;/m1../s1. The van der Waals surface area contributed by atoms with E-state index in [2.05, 4.69) is 47.2 Å². The van der Waals surface area contributed by atoms with Crippen LogP contribution in [-0.4, -0.2) is 81.6 Å². The van der Waals surface area contributed by atoms with Crippen molar-refractivity contribution in [2.24, 2.45) is 11.3 Å². The Morgan fingerprint density at radius 2 is 1.51 bits per heavy atom. The second kappa shape index (κ2) is 12.0. The molecule has 0 radical (unpaired) electrons. The molecular weight excluding hydrogens is 529 g/mol. The van der Waals surface area contributed by atoms with Crippen LogP contribution in [0, 0.1) is 11.3 Å². The summed E-state index contributed by atoms with van der Waals surface area (Å²) in [7, 11) is -0.980. The molecule has 3 aliphatic heterocycles. The van der Waals surface area contributed by atoms with Crippen molar-refractivity contribution in [1.29, 1.82) is 0 Å². The lowest BCUT2D eigenvalue weighted by Crippen LogP contribution is -2.46. The van der Waals surface area contributed by atoms with Crippen LogP contribution in [-0.2, 0) is 21.2 Å². The van der Waals surface area contributed by atoms with E-state index in [4.69, 9.17) is 0 Å². The quantitative estimate of drug-likeness (QED) is 0.526. The van der Waals surface area contributed by atoms with Crippen molar-refractivity contribution in [3.63, 3.8) is 0 Å². The van der Waals surface area contributed by atoms with Gasteiger partial charge < -0.3 is 14.7 Å². The van der Waals surface area contributed by atoms with E-state index < -0.39 is 9.84 Å². The number of amides is 1. The summed E-state index contributed by atoms with van der Waals surface area (Å²) in [6.07, 6.45) is 4.02. The first-order valence-electron chi connectivity index (χ1n) is 12.8. The maximum absolute atomic E-state index is 13.4. The molecule has 3 saturated heterocycles. The second-order valence-corrected chi connectivity index (χ2v) is 13.0. The molecule has 1 amide bonds. The third-order valence-corrected chi connectivity index (χ3v) is 9.61. The molecular formula is C28H39Cl2N3O3S. The lowest BCUT2D eigenvalue weighted by atomic mass is 9.76. The molecule has 0 aromatic heterocycles. The van der Waals surface area contributed by atoms with E-state index >= 15 is 0 Å². The van der Waals surface area contributed by atoms with Gasteiger partial charge in [-0.1, -0.05) is 42.5 Å². The number of nitrogens with zero attached hydrogens (tertiary/aromatic N) is 3. The molecule has 6 nitrogen and oxygen atoms in total. The number of carbonyl (C=O) groups is 1. The fourth-order valence-electron chi connectivity index (χ4n) is 6.42. The SMILES string of the molecule is CN1C[C@H](CN2CCC3(CC2)CCN(Cc2ccc(S(C)(=O)=O)cc2)C3=O)[C@@H](c2ccccc2)C1.Cl.Cl. The van der Waals surface area contributed by atoms with Crippen LogP contribution in [0.1, 0.15) is 36.3 Å². The number of benzene rings is 2. The molecule has 204 valence electrons. The highest BCUT2D eigenvalue weighted by Crippen LogP contribution is 2.43. The molecule has 0 bridgehead atoms. The van der Waals surface area contributed by atoms with Crippen LogP contribution in [0.3, 0.4) is 0 Å². The van der Waals surface area contributed by atoms with Gasteiger partial charge in [-0.2, -0.15) is 0 Å². The summed E-state index contributed by atoms with van der Waals surface area (Å²) in [6, 6.07) is 17.9. The third kappa shape index (κ3) is 6.51. The van der Waals surface area contributed by atoms with E-state index in [9.17, 15) is 13.2 Å². The Morgan fingerprint density at radius 3 is 2.14 bits per heavy atom. The number of hydrogen-bond donors (Lipinski definition) is 0. The molecule has 0 N–H and O–H groups in total. The van der Waals surface area contributed by atoms with E-state index in [0.717, 1.165) is 64.1 Å². The highest BCUT2D eigenvalue weighted by atomic mass is 35.5. The highest BCUT2D eigenvalue weighted by molar-refractivity contribution is 7.90. The molecule has 3 fully saturated rings. The van der Waals surface area contributed by atoms with Crippen molar-refractivity contribution in [2.45, 2.75) is 36.6 Å². The Bertz CT molecular complexity index is 1150. The summed E-state index contributed by atoms with van der Waals surface area (Å²) >= 11 is 0. The predicted octanol–water partition coefficient (Wildman–Crippen LogP) is 4.09. The number of rotatable bonds is 6. The van der Waals surface area contributed by atoms with Crippen LogP contribution < -0.4 is 0 Å². The third-order valence-electron chi connectivity index (χ3n) is 8.48. The van der Waals surface area contributed by atoms with Crippen LogP contribution >= 0.6 is 24.8 Å². The van der Waals surface area contributed by atoms with Crippen LogP contribution in [0.5, 0.6) is 0 Å². The topological polar surface area (TPSA) is 60.9 Å². The van der Waals surface area contributed by atoms with Crippen molar-refractivity contribution < 1.29 is 13.2 Å². The first-order valence-corrected chi connectivity index (χ1v) is 14.7. The average molecular weight is 569 g/mol. The minimum Gasteiger partial charge on any atom is -0.338 e. The molecule has 2 aromatic rings. The minimum absolute atomic E-state index is 0. The van der Waals surface area contributed by atoms with Crippen molar-refractivity contribution in [2.75, 3.05) is 52.6 Å². The maximum Gasteiger partial charge on any atom is 0.229 e. The normalized spacial score (nSPS) is 24.2. The van der Waals surface area contributed by atoms with Gasteiger partial charge in [-0.25, -0.2) is 8.42 Å². The molecule has 1 spiro atoms. The van der Waals surface area contributed by atoms with E-state index in [1.165, 1.54) is 11.8 Å². The molecule has 0 aliphatic carbocycles. The lowest BCUT2D eigenvalue weighted by molar-refractivity contribution is -0.139. The van der Waals surface area contributed by atoms with Gasteiger partial charge in [0.05, 0.1) is 10.3 Å². The highest BCUT2D eigenvalue weighted by Gasteiger charge is 2.48. The summed E-state index contributed by atoms with van der Waals surface area (Å²) in [5.74, 6) is 1.49. The zero-order valence-corrected chi connectivity index (χ0v) is 24.2. The summed E-state index contributed by atoms with van der Waals surface area (Å²) in [5, 5.41) is 0. The number of likely N-dealkylation sites (N-methyl/N-ethyl adjacent to an activating group) is 1. The Labute approximate surface area is 234 Å². The molecule has 0 saturated carbocycles. The molecule has 3 heterocycles. The van der Waals surface area contributed by atoms with E-state index in [1.54, 1.807) is 12.1 Å². The van der Waals surface area contributed by atoms with Gasteiger partial charge in [0.1, 0.15) is 0 Å². The minimum atomic E-state index is -3.20. The molecule has 9 heteroatoms. The average Bonchev–Trinajstić information content (AvgIpc) is 3.36. The van der Waals surface area contributed by atoms with Crippen molar-refractivity contribution >= 4 is 40.6 Å². The van der Waals surface area contributed by atoms with Gasteiger partial charge in [0.2, 0.25) is 5.91 Å². The van der Waals surface area contributed by atoms with E-state index in [1.807, 2.05) is 17.0 Å². The monoisotopic (exact) mass is 567 g/mol. The van der Waals surface area contributed by atoms with Crippen molar-refractivity contribution in [3.05, 3.63) is 65.7 Å². The van der Waals surface area contributed by atoms with Crippen LogP contribution in [0.2, 0.25) is 0 Å². The van der Waals surface area contributed by atoms with Crippen molar-refractivity contribution in [3.8, 4) is 0 Å². The molecule has 2 atom stereocenters. The smallest absolute Gasteiger partial charge is 0.229 e. The number of likely N-dealkylation sites (tertiary alicyclic amines) is 3. The van der Waals surface area contributed by atoms with Gasteiger partial charge >= 0.3 is 0 Å². The Hall–Kier alpha value is -1.64. The van der Waals surface area contributed by atoms with Crippen molar-refractivity contribution in [1.82, 2.24) is 14.7 Å². The van der Waals surface area contributed by atoms with Crippen LogP contribution in [0.4, 0.5) is 0 Å². The Kier molecular flexibility index (Phi) is 9.73. The first-order chi connectivity index (χ1) is 16.7. The second-order valence-electron chi connectivity index (χ2n) is 11.0. The predicted molar refractivity (Wildman–Crippen MR) is 152 cm³/mol. The van der Waals surface area contributed by atoms with E-state index in [0.29, 0.717) is 23.3 Å². The van der Waals surface area contributed by atoms with E-state index in [-0.39, 0.29) is 36.1 Å². The largest absolute Gasteiger partial charge is 0.338 e. The summed E-state index contributed by atoms with van der Waals surface area (Å²) in [4.78, 5) is 20.8. The van der Waals surface area contributed by atoms with Gasteiger partial charge in [-0.3, -0.25) is 4.79 Å². The fraction of sp³-hybridized carbons (Fsp3) is 0.536. The zero-order valence-electron chi connectivity index (χ0n) is 21.7. The summed E-state index contributed by atoms with van der Waals surface area (Å²) in [5.41, 5.74) is 2.22. The molecule has 5 rings (SSSR count). The first kappa shape index (κ1) is 29.9. The molecule has 0 unspecified atom stereocenters. The zero-order chi connectivity index (χ0) is 24.6. The van der Waals surface area contributed by atoms with Gasteiger partial charge in [0.25, 0.3) is 0 Å². The van der Waals surface area contributed by atoms with Crippen LogP contribution in [0.25, 0.3) is 0 Å². The van der Waals surface area contributed by atoms with Gasteiger partial charge in [-0.05, 0) is 68.6 Å². The molecule has 37 heavy (non-hydrogen) atoms. The van der Waals surface area contributed by atoms with Gasteiger partial charge in [0, 0.05) is 44.9 Å². The Morgan fingerprint density at radius 1 is 0.892 bits per heavy atom. The number of halogens is 2. The fourth-order valence-corrected chi connectivity index (χ4v) is 7.05. The van der Waals surface area contributed by atoms with Gasteiger partial charge in [-0.15, -0.1) is 24.8 Å². The number of hydrogen-bond acceptors (Lipinski definition) is 5. The lowest BCUT2D eigenvalue weighted by Gasteiger charge is -2.39. The molecule has 3 aliphatic rings. The number of piperidine rings is 1. The number of sulfone groups is 1.